The maximum Gasteiger partial charge on any atom is 0.259 e. The average molecular weight is 563 g/mol. The summed E-state index contributed by atoms with van der Waals surface area (Å²) in [6, 6.07) is 19.5. The molecule has 9 nitrogen and oxygen atoms in total. The van der Waals surface area contributed by atoms with Crippen molar-refractivity contribution in [3.05, 3.63) is 94.9 Å². The number of thiophene rings is 1. The minimum atomic E-state index is -0.133. The molecule has 41 heavy (non-hydrogen) atoms. The lowest BCUT2D eigenvalue weighted by Crippen LogP contribution is -2.37. The third-order valence-electron chi connectivity index (χ3n) is 7.29. The standard InChI is InChI=1S/C31H26N6O3S/c1-19-14-21(33-18-32-19)16-28(38)34-20-7-8-26-25(15-20)23-5-2-4-22(30(23)41-26)24-6-3-9-37-29(39)17-27(35-31(24)37)36-10-12-40-13-11-36/h2-9,14-15,17-18H,10-13,16H2,1H3,(H,34,38). The summed E-state index contributed by atoms with van der Waals surface area (Å²) >= 11 is 1.69. The van der Waals surface area contributed by atoms with Crippen molar-refractivity contribution in [1.29, 1.82) is 0 Å². The summed E-state index contributed by atoms with van der Waals surface area (Å²) in [7, 11) is 0. The molecule has 10 heteroatoms. The molecule has 1 fully saturated rings. The van der Waals surface area contributed by atoms with Crippen LogP contribution in [-0.2, 0) is 16.0 Å². The molecule has 204 valence electrons. The summed E-state index contributed by atoms with van der Waals surface area (Å²) in [6.07, 6.45) is 3.42. The van der Waals surface area contributed by atoms with Gasteiger partial charge in [-0.15, -0.1) is 11.3 Å². The topological polar surface area (TPSA) is 102 Å². The number of benzene rings is 2. The van der Waals surface area contributed by atoms with E-state index in [2.05, 4.69) is 32.3 Å². The van der Waals surface area contributed by atoms with E-state index in [1.807, 2.05) is 49.4 Å². The zero-order chi connectivity index (χ0) is 27.9. The van der Waals surface area contributed by atoms with Gasteiger partial charge in [0, 0.05) is 68.0 Å². The number of amides is 1. The van der Waals surface area contributed by atoms with Crippen molar-refractivity contribution in [2.75, 3.05) is 36.5 Å². The monoisotopic (exact) mass is 562 g/mol. The van der Waals surface area contributed by atoms with E-state index in [0.717, 1.165) is 42.7 Å². The van der Waals surface area contributed by atoms with Crippen LogP contribution in [0.15, 0.2) is 78.0 Å². The second kappa shape index (κ2) is 10.4. The predicted molar refractivity (Wildman–Crippen MR) is 162 cm³/mol. The average Bonchev–Trinajstić information content (AvgIpc) is 3.35. The summed E-state index contributed by atoms with van der Waals surface area (Å²) in [6.45, 7) is 4.52. The largest absolute Gasteiger partial charge is 0.378 e. The van der Waals surface area contributed by atoms with Crippen molar-refractivity contribution in [3.63, 3.8) is 0 Å². The molecule has 5 heterocycles. The van der Waals surface area contributed by atoms with Gasteiger partial charge in [0.15, 0.2) is 0 Å². The highest BCUT2D eigenvalue weighted by atomic mass is 32.1. The molecule has 0 spiro atoms. The van der Waals surface area contributed by atoms with Crippen molar-refractivity contribution in [2.45, 2.75) is 13.3 Å². The van der Waals surface area contributed by atoms with E-state index in [1.165, 1.54) is 6.33 Å². The summed E-state index contributed by atoms with van der Waals surface area (Å²) in [5, 5.41) is 5.15. The molecule has 0 unspecified atom stereocenters. The van der Waals surface area contributed by atoms with Gasteiger partial charge >= 0.3 is 0 Å². The summed E-state index contributed by atoms with van der Waals surface area (Å²) in [5.74, 6) is 0.540. The Morgan fingerprint density at radius 3 is 2.71 bits per heavy atom. The molecule has 0 radical (unpaired) electrons. The number of hydrogen-bond acceptors (Lipinski definition) is 8. The van der Waals surface area contributed by atoms with Crippen LogP contribution < -0.4 is 15.8 Å². The Morgan fingerprint density at radius 2 is 1.85 bits per heavy atom. The van der Waals surface area contributed by atoms with Crippen LogP contribution in [0.3, 0.4) is 0 Å². The summed E-state index contributed by atoms with van der Waals surface area (Å²) in [5.41, 5.74) is 4.66. The number of carbonyl (C=O) groups is 1. The van der Waals surface area contributed by atoms with Crippen molar-refractivity contribution in [3.8, 4) is 11.1 Å². The third-order valence-corrected chi connectivity index (χ3v) is 8.51. The van der Waals surface area contributed by atoms with Crippen LogP contribution in [0.25, 0.3) is 36.9 Å². The molecule has 2 aromatic carbocycles. The van der Waals surface area contributed by atoms with E-state index in [-0.39, 0.29) is 17.9 Å². The number of anilines is 2. The minimum Gasteiger partial charge on any atom is -0.378 e. The number of hydrogen-bond donors (Lipinski definition) is 1. The zero-order valence-corrected chi connectivity index (χ0v) is 23.1. The number of aromatic nitrogens is 4. The molecular weight excluding hydrogens is 536 g/mol. The fourth-order valence-corrected chi connectivity index (χ4v) is 6.55. The van der Waals surface area contributed by atoms with E-state index in [1.54, 1.807) is 28.0 Å². The minimum absolute atomic E-state index is 0.112. The number of rotatable bonds is 5. The number of nitrogens with one attached hydrogen (secondary N) is 1. The molecule has 1 amide bonds. The molecule has 1 saturated heterocycles. The van der Waals surface area contributed by atoms with Gasteiger partial charge in [0.25, 0.3) is 5.56 Å². The third kappa shape index (κ3) is 4.81. The van der Waals surface area contributed by atoms with E-state index >= 15 is 0 Å². The smallest absolute Gasteiger partial charge is 0.259 e. The Bertz CT molecular complexity index is 2010. The number of fused-ring (bicyclic) bond motifs is 4. The van der Waals surface area contributed by atoms with E-state index in [0.29, 0.717) is 43.5 Å². The first kappa shape index (κ1) is 25.3. The predicted octanol–water partition coefficient (Wildman–Crippen LogP) is 4.85. The number of pyridine rings is 1. The zero-order valence-electron chi connectivity index (χ0n) is 22.3. The molecule has 4 aromatic heterocycles. The van der Waals surface area contributed by atoms with Gasteiger partial charge in [0.2, 0.25) is 5.91 Å². The first-order valence-corrected chi connectivity index (χ1v) is 14.2. The molecule has 0 atom stereocenters. The van der Waals surface area contributed by atoms with Gasteiger partial charge < -0.3 is 15.0 Å². The van der Waals surface area contributed by atoms with Gasteiger partial charge in [-0.05, 0) is 43.3 Å². The second-order valence-electron chi connectivity index (χ2n) is 10.0. The number of nitrogens with zero attached hydrogens (tertiary/aromatic N) is 5. The van der Waals surface area contributed by atoms with Crippen molar-refractivity contribution in [2.24, 2.45) is 0 Å². The van der Waals surface area contributed by atoms with Gasteiger partial charge in [-0.1, -0.05) is 18.2 Å². The van der Waals surface area contributed by atoms with Crippen LogP contribution in [0.1, 0.15) is 11.4 Å². The maximum atomic E-state index is 13.1. The normalized spacial score (nSPS) is 13.7. The first-order chi connectivity index (χ1) is 20.0. The maximum absolute atomic E-state index is 13.1. The highest BCUT2D eigenvalue weighted by molar-refractivity contribution is 7.26. The van der Waals surface area contributed by atoms with Crippen molar-refractivity contribution >= 4 is 54.6 Å². The van der Waals surface area contributed by atoms with Gasteiger partial charge in [0.05, 0.1) is 25.3 Å². The molecule has 0 aliphatic carbocycles. The van der Waals surface area contributed by atoms with Crippen LogP contribution in [0.4, 0.5) is 11.5 Å². The lowest BCUT2D eigenvalue weighted by Gasteiger charge is -2.27. The Hall–Kier alpha value is -4.67. The molecule has 0 saturated carbocycles. The number of ether oxygens (including phenoxy) is 1. The van der Waals surface area contributed by atoms with E-state index in [4.69, 9.17) is 9.72 Å². The lowest BCUT2D eigenvalue weighted by molar-refractivity contribution is -0.115. The van der Waals surface area contributed by atoms with Crippen LogP contribution in [0, 0.1) is 6.92 Å². The van der Waals surface area contributed by atoms with Gasteiger partial charge in [0.1, 0.15) is 17.8 Å². The first-order valence-electron chi connectivity index (χ1n) is 13.4. The van der Waals surface area contributed by atoms with E-state index < -0.39 is 0 Å². The molecule has 1 aliphatic rings. The Kier molecular flexibility index (Phi) is 6.41. The molecular formula is C31H26N6O3S. The molecule has 0 bridgehead atoms. The lowest BCUT2D eigenvalue weighted by atomic mass is 10.0. The van der Waals surface area contributed by atoms with Crippen molar-refractivity contribution in [1.82, 2.24) is 19.4 Å². The molecule has 7 rings (SSSR count). The van der Waals surface area contributed by atoms with E-state index in [9.17, 15) is 9.59 Å². The molecule has 1 aliphatic heterocycles. The quantitative estimate of drug-likeness (QED) is 0.321. The van der Waals surface area contributed by atoms with Gasteiger partial charge in [-0.25, -0.2) is 15.0 Å². The van der Waals surface area contributed by atoms with Crippen LogP contribution in [0.2, 0.25) is 0 Å². The Morgan fingerprint density at radius 1 is 1.00 bits per heavy atom. The fraction of sp³-hybridized carbons (Fsp3) is 0.194. The molecule has 6 aromatic rings. The van der Waals surface area contributed by atoms with Crippen LogP contribution in [0.5, 0.6) is 0 Å². The number of morpholine rings is 1. The summed E-state index contributed by atoms with van der Waals surface area (Å²) < 4.78 is 9.31. The number of aryl methyl sites for hydroxylation is 1. The second-order valence-corrected chi connectivity index (χ2v) is 11.1. The van der Waals surface area contributed by atoms with Crippen molar-refractivity contribution < 1.29 is 9.53 Å². The highest BCUT2D eigenvalue weighted by Crippen LogP contribution is 2.41. The number of carbonyl (C=O) groups excluding carboxylic acids is 1. The summed E-state index contributed by atoms with van der Waals surface area (Å²) in [4.78, 5) is 41.2. The Labute approximate surface area is 239 Å². The highest BCUT2D eigenvalue weighted by Gasteiger charge is 2.18. The molecule has 1 N–H and O–H groups in total. The van der Waals surface area contributed by atoms with Gasteiger partial charge in [-0.2, -0.15) is 0 Å². The SMILES string of the molecule is Cc1cc(CC(=O)Nc2ccc3sc4c(-c5cccn6c(=O)cc(N7CCOCC7)nc56)cccc4c3c2)ncn1. The van der Waals surface area contributed by atoms with Crippen LogP contribution >= 0.6 is 11.3 Å². The van der Waals surface area contributed by atoms with Crippen LogP contribution in [-0.4, -0.2) is 51.6 Å². The Balaban J connectivity index is 1.28. The fourth-order valence-electron chi connectivity index (χ4n) is 5.34. The van der Waals surface area contributed by atoms with Gasteiger partial charge in [-0.3, -0.25) is 14.0 Å².